The Hall–Kier alpha value is -3.53. The Morgan fingerprint density at radius 2 is 1.77 bits per heavy atom. The number of carbonyl (C=O) groups is 2. The van der Waals surface area contributed by atoms with Crippen LogP contribution in [-0.4, -0.2) is 39.1 Å². The van der Waals surface area contributed by atoms with Gasteiger partial charge in [0.1, 0.15) is 0 Å². The van der Waals surface area contributed by atoms with Gasteiger partial charge >= 0.3 is 0 Å². The van der Waals surface area contributed by atoms with Crippen molar-refractivity contribution >= 4 is 29.3 Å². The molecule has 2 N–H and O–H groups in total. The second-order valence-corrected chi connectivity index (χ2v) is 9.82. The van der Waals surface area contributed by atoms with Crippen molar-refractivity contribution in [3.63, 3.8) is 0 Å². The summed E-state index contributed by atoms with van der Waals surface area (Å²) in [5.41, 5.74) is 3.43. The number of nitrogens with zero attached hydrogens (tertiary/aromatic N) is 3. The first-order valence-electron chi connectivity index (χ1n) is 11.3. The molecule has 0 spiro atoms. The second-order valence-electron chi connectivity index (χ2n) is 8.88. The summed E-state index contributed by atoms with van der Waals surface area (Å²) in [7, 11) is 1.83. The van der Waals surface area contributed by atoms with E-state index < -0.39 is 0 Å². The molecule has 1 unspecified atom stereocenters. The second kappa shape index (κ2) is 10.4. The van der Waals surface area contributed by atoms with Gasteiger partial charge in [0, 0.05) is 18.3 Å². The van der Waals surface area contributed by atoms with Crippen LogP contribution in [0.25, 0.3) is 0 Å². The van der Waals surface area contributed by atoms with Crippen LogP contribution in [0.1, 0.15) is 47.2 Å². The molecule has 1 aliphatic rings. The highest BCUT2D eigenvalue weighted by molar-refractivity contribution is 7.99. The molecule has 9 nitrogen and oxygen atoms in total. The number of carbonyl (C=O) groups excluding carboxylic acids is 2. The molecule has 4 rings (SSSR count). The first kappa shape index (κ1) is 24.6. The fourth-order valence-electron chi connectivity index (χ4n) is 3.89. The maximum absolute atomic E-state index is 13.0. The molecule has 0 radical (unpaired) electrons. The van der Waals surface area contributed by atoms with Crippen LogP contribution in [0.15, 0.2) is 41.6 Å². The van der Waals surface area contributed by atoms with Gasteiger partial charge in [0.15, 0.2) is 22.5 Å². The molecule has 0 saturated carbocycles. The molecule has 2 heterocycles. The highest BCUT2D eigenvalue weighted by Gasteiger charge is 2.26. The number of aryl methyl sites for hydroxylation is 2. The quantitative estimate of drug-likeness (QED) is 0.455. The summed E-state index contributed by atoms with van der Waals surface area (Å²) in [5, 5.41) is 15.2. The smallest absolute Gasteiger partial charge is 0.252 e. The van der Waals surface area contributed by atoms with Crippen LogP contribution in [0.5, 0.6) is 11.5 Å². The first-order valence-corrected chi connectivity index (χ1v) is 12.3. The van der Waals surface area contributed by atoms with Gasteiger partial charge in [-0.05, 0) is 61.2 Å². The number of anilines is 1. The number of thioether (sulfide) groups is 1. The molecule has 0 fully saturated rings. The lowest BCUT2D eigenvalue weighted by Crippen LogP contribution is -2.33. The van der Waals surface area contributed by atoms with Crippen molar-refractivity contribution in [2.75, 3.05) is 17.9 Å². The Morgan fingerprint density at radius 1 is 1.06 bits per heavy atom. The topological polar surface area (TPSA) is 107 Å². The number of aromatic nitrogens is 3. The standard InChI is InChI=1S/C25H29N5O4S/c1-14(2)22(27-24(32)17-6-7-19-20(11-17)34-13-33-19)23-28-29-25(30(23)5)35-12-21(31)26-18-9-15(3)8-16(4)10-18/h6-11,14,22H,12-13H2,1-5H3,(H,26,31)(H,27,32). The van der Waals surface area contributed by atoms with Gasteiger partial charge in [0.25, 0.3) is 5.91 Å². The van der Waals surface area contributed by atoms with E-state index in [2.05, 4.69) is 26.9 Å². The Bertz CT molecular complexity index is 1240. The minimum Gasteiger partial charge on any atom is -0.454 e. The van der Waals surface area contributed by atoms with Gasteiger partial charge in [-0.1, -0.05) is 31.7 Å². The first-order chi connectivity index (χ1) is 16.7. The SMILES string of the molecule is Cc1cc(C)cc(NC(=O)CSc2nnc(C(NC(=O)c3ccc4c(c3)OCO4)C(C)C)n2C)c1. The lowest BCUT2D eigenvalue weighted by atomic mass is 10.0. The Morgan fingerprint density at radius 3 is 2.49 bits per heavy atom. The predicted octanol–water partition coefficient (Wildman–Crippen LogP) is 4.02. The monoisotopic (exact) mass is 495 g/mol. The number of rotatable bonds is 8. The zero-order valence-electron chi connectivity index (χ0n) is 20.4. The van der Waals surface area contributed by atoms with Gasteiger partial charge in [-0.3, -0.25) is 9.59 Å². The molecule has 1 aliphatic heterocycles. The number of ether oxygens (including phenoxy) is 2. The van der Waals surface area contributed by atoms with Crippen molar-refractivity contribution in [1.29, 1.82) is 0 Å². The van der Waals surface area contributed by atoms with Crippen LogP contribution < -0.4 is 20.1 Å². The molecule has 2 aromatic carbocycles. The van der Waals surface area contributed by atoms with Gasteiger partial charge in [-0.15, -0.1) is 10.2 Å². The fraction of sp³-hybridized carbons (Fsp3) is 0.360. The summed E-state index contributed by atoms with van der Waals surface area (Å²) < 4.78 is 12.5. The molecule has 0 saturated heterocycles. The van der Waals surface area contributed by atoms with E-state index in [-0.39, 0.29) is 36.3 Å². The zero-order chi connectivity index (χ0) is 25.1. The van der Waals surface area contributed by atoms with E-state index in [9.17, 15) is 9.59 Å². The summed E-state index contributed by atoms with van der Waals surface area (Å²) in [6, 6.07) is 10.7. The van der Waals surface area contributed by atoms with Crippen LogP contribution in [-0.2, 0) is 11.8 Å². The lowest BCUT2D eigenvalue weighted by Gasteiger charge is -2.21. The van der Waals surface area contributed by atoms with Gasteiger partial charge < -0.3 is 24.7 Å². The van der Waals surface area contributed by atoms with Crippen LogP contribution in [0, 0.1) is 19.8 Å². The molecular formula is C25H29N5O4S. The highest BCUT2D eigenvalue weighted by atomic mass is 32.2. The molecule has 0 bridgehead atoms. The van der Waals surface area contributed by atoms with Gasteiger partial charge in [-0.2, -0.15) is 0 Å². The normalized spacial score (nSPS) is 13.1. The molecule has 2 amide bonds. The summed E-state index contributed by atoms with van der Waals surface area (Å²) in [6.07, 6.45) is 0. The fourth-order valence-corrected chi connectivity index (χ4v) is 4.61. The lowest BCUT2D eigenvalue weighted by molar-refractivity contribution is -0.113. The van der Waals surface area contributed by atoms with E-state index in [1.807, 2.05) is 51.4 Å². The van der Waals surface area contributed by atoms with E-state index in [1.54, 1.807) is 18.2 Å². The van der Waals surface area contributed by atoms with Gasteiger partial charge in [0.05, 0.1) is 11.8 Å². The Kier molecular flexibility index (Phi) is 7.30. The molecule has 10 heteroatoms. The van der Waals surface area contributed by atoms with Gasteiger partial charge in [-0.25, -0.2) is 0 Å². The maximum Gasteiger partial charge on any atom is 0.252 e. The minimum absolute atomic E-state index is 0.0570. The van der Waals surface area contributed by atoms with Crippen LogP contribution >= 0.6 is 11.8 Å². The van der Waals surface area contributed by atoms with Crippen molar-refractivity contribution in [3.8, 4) is 11.5 Å². The number of benzene rings is 2. The number of hydrogen-bond donors (Lipinski definition) is 2. The largest absolute Gasteiger partial charge is 0.454 e. The van der Waals surface area contributed by atoms with Crippen molar-refractivity contribution < 1.29 is 19.1 Å². The summed E-state index contributed by atoms with van der Waals surface area (Å²) >= 11 is 1.30. The molecule has 35 heavy (non-hydrogen) atoms. The Labute approximate surface area is 208 Å². The highest BCUT2D eigenvalue weighted by Crippen LogP contribution is 2.33. The summed E-state index contributed by atoms with van der Waals surface area (Å²) in [6.45, 7) is 8.15. The predicted molar refractivity (Wildman–Crippen MR) is 134 cm³/mol. The molecule has 184 valence electrons. The molecule has 1 atom stereocenters. The average molecular weight is 496 g/mol. The van der Waals surface area contributed by atoms with Crippen LogP contribution in [0.4, 0.5) is 5.69 Å². The number of hydrogen-bond acceptors (Lipinski definition) is 7. The van der Waals surface area contributed by atoms with E-state index in [0.29, 0.717) is 28.0 Å². The number of nitrogens with one attached hydrogen (secondary N) is 2. The van der Waals surface area contributed by atoms with Crippen molar-refractivity contribution in [3.05, 3.63) is 58.9 Å². The zero-order valence-corrected chi connectivity index (χ0v) is 21.2. The number of amides is 2. The third-order valence-corrected chi connectivity index (χ3v) is 6.59. The minimum atomic E-state index is -0.371. The van der Waals surface area contributed by atoms with Crippen molar-refractivity contribution in [2.24, 2.45) is 13.0 Å². The van der Waals surface area contributed by atoms with Crippen molar-refractivity contribution in [1.82, 2.24) is 20.1 Å². The third kappa shape index (κ3) is 5.76. The molecule has 0 aliphatic carbocycles. The van der Waals surface area contributed by atoms with Crippen LogP contribution in [0.2, 0.25) is 0 Å². The third-order valence-electron chi connectivity index (χ3n) is 5.57. The number of fused-ring (bicyclic) bond motifs is 1. The molecule has 1 aromatic heterocycles. The maximum atomic E-state index is 13.0. The Balaban J connectivity index is 1.41. The van der Waals surface area contributed by atoms with Crippen LogP contribution in [0.3, 0.4) is 0 Å². The van der Waals surface area contributed by atoms with E-state index in [4.69, 9.17) is 9.47 Å². The van der Waals surface area contributed by atoms with Crippen molar-refractivity contribution in [2.45, 2.75) is 38.9 Å². The summed E-state index contributed by atoms with van der Waals surface area (Å²) in [5.74, 6) is 1.67. The average Bonchev–Trinajstić information content (AvgIpc) is 3.41. The molecule has 3 aromatic rings. The van der Waals surface area contributed by atoms with Gasteiger partial charge in [0.2, 0.25) is 12.7 Å². The van der Waals surface area contributed by atoms with E-state index in [0.717, 1.165) is 16.8 Å². The van der Waals surface area contributed by atoms with E-state index in [1.165, 1.54) is 11.8 Å². The molecular weight excluding hydrogens is 466 g/mol. The van der Waals surface area contributed by atoms with E-state index >= 15 is 0 Å². The summed E-state index contributed by atoms with van der Waals surface area (Å²) in [4.78, 5) is 25.5.